The number of hydrogen-bond acceptors (Lipinski definition) is 3. The maximum atomic E-state index is 15.2. The summed E-state index contributed by atoms with van der Waals surface area (Å²) in [7, 11) is -4.13. The van der Waals surface area contributed by atoms with Crippen molar-refractivity contribution in [1.29, 1.82) is 0 Å². The molecule has 0 aromatic heterocycles. The molecule has 1 heterocycles. The van der Waals surface area contributed by atoms with Gasteiger partial charge >= 0.3 is 0 Å². The van der Waals surface area contributed by atoms with E-state index in [1.807, 2.05) is 30.3 Å². The van der Waals surface area contributed by atoms with Crippen molar-refractivity contribution in [3.8, 4) is 0 Å². The Morgan fingerprint density at radius 2 is 1.56 bits per heavy atom. The van der Waals surface area contributed by atoms with E-state index >= 15 is 4.39 Å². The number of alkyl halides is 1. The highest BCUT2D eigenvalue weighted by Crippen LogP contribution is 2.36. The molecular formula is C19H21F2NO2S. The second-order valence-electron chi connectivity index (χ2n) is 6.42. The first-order chi connectivity index (χ1) is 11.9. The second kappa shape index (κ2) is 7.22. The Hall–Kier alpha value is -1.79. The Morgan fingerprint density at radius 3 is 2.16 bits per heavy atom. The Kier molecular flexibility index (Phi) is 5.20. The van der Waals surface area contributed by atoms with E-state index in [1.54, 1.807) is 0 Å². The zero-order chi connectivity index (χ0) is 17.9. The van der Waals surface area contributed by atoms with E-state index in [-0.39, 0.29) is 17.7 Å². The molecule has 0 saturated carbocycles. The average Bonchev–Trinajstić information content (AvgIpc) is 2.62. The van der Waals surface area contributed by atoms with Crippen molar-refractivity contribution in [2.24, 2.45) is 0 Å². The summed E-state index contributed by atoms with van der Waals surface area (Å²) in [6.07, 6.45) is 0.716. The maximum absolute atomic E-state index is 15.2. The summed E-state index contributed by atoms with van der Waals surface area (Å²) in [5, 5.41) is -2.28. The minimum Gasteiger partial charge on any atom is -0.303 e. The minimum atomic E-state index is -4.13. The van der Waals surface area contributed by atoms with Gasteiger partial charge in [0.2, 0.25) is 14.8 Å². The molecule has 0 spiro atoms. The zero-order valence-corrected chi connectivity index (χ0v) is 14.7. The zero-order valence-electron chi connectivity index (χ0n) is 13.9. The van der Waals surface area contributed by atoms with Crippen LogP contribution >= 0.6 is 0 Å². The first-order valence-electron chi connectivity index (χ1n) is 8.36. The van der Waals surface area contributed by atoms with Gasteiger partial charge in [-0.15, -0.1) is 0 Å². The van der Waals surface area contributed by atoms with E-state index in [4.69, 9.17) is 0 Å². The molecule has 3 rings (SSSR count). The molecule has 1 aliphatic rings. The predicted octanol–water partition coefficient (Wildman–Crippen LogP) is 3.60. The van der Waals surface area contributed by atoms with Crippen molar-refractivity contribution in [2.45, 2.75) is 29.2 Å². The van der Waals surface area contributed by atoms with Gasteiger partial charge in [0.25, 0.3) is 0 Å². The molecule has 0 amide bonds. The van der Waals surface area contributed by atoms with Crippen molar-refractivity contribution in [1.82, 2.24) is 4.90 Å². The predicted molar refractivity (Wildman–Crippen MR) is 93.2 cm³/mol. The number of nitrogens with zero attached hydrogens (tertiary/aromatic N) is 1. The van der Waals surface area contributed by atoms with Crippen molar-refractivity contribution in [3.05, 3.63) is 66.0 Å². The van der Waals surface area contributed by atoms with E-state index in [0.717, 1.165) is 37.2 Å². The topological polar surface area (TPSA) is 37.4 Å². The van der Waals surface area contributed by atoms with Crippen LogP contribution in [-0.2, 0) is 16.3 Å². The fourth-order valence-electron chi connectivity index (χ4n) is 3.14. The van der Waals surface area contributed by atoms with Crippen LogP contribution in [0.15, 0.2) is 59.5 Å². The summed E-state index contributed by atoms with van der Waals surface area (Å²) in [5.74, 6) is -0.539. The normalized spacial score (nSPS) is 18.2. The highest BCUT2D eigenvalue weighted by Gasteiger charge is 2.47. The molecule has 0 unspecified atom stereocenters. The summed E-state index contributed by atoms with van der Waals surface area (Å²) >= 11 is 0. The van der Waals surface area contributed by atoms with Gasteiger partial charge in [-0.05, 0) is 36.2 Å². The molecule has 2 aromatic carbocycles. The van der Waals surface area contributed by atoms with Crippen molar-refractivity contribution in [2.75, 3.05) is 19.6 Å². The maximum Gasteiger partial charge on any atom is 0.217 e. The van der Waals surface area contributed by atoms with E-state index in [0.29, 0.717) is 13.1 Å². The van der Waals surface area contributed by atoms with Crippen LogP contribution in [0.4, 0.5) is 8.78 Å². The summed E-state index contributed by atoms with van der Waals surface area (Å²) in [4.78, 5) is 1.93. The van der Waals surface area contributed by atoms with E-state index in [1.165, 1.54) is 5.56 Å². The van der Waals surface area contributed by atoms with Crippen LogP contribution in [0.3, 0.4) is 0 Å². The third kappa shape index (κ3) is 3.90. The van der Waals surface area contributed by atoms with Crippen molar-refractivity contribution >= 4 is 9.84 Å². The number of likely N-dealkylation sites (tertiary alicyclic amines) is 1. The largest absolute Gasteiger partial charge is 0.303 e. The Morgan fingerprint density at radius 1 is 0.960 bits per heavy atom. The van der Waals surface area contributed by atoms with E-state index in [9.17, 15) is 12.8 Å². The fraction of sp³-hybridized carbons (Fsp3) is 0.368. The van der Waals surface area contributed by atoms with Gasteiger partial charge in [-0.1, -0.05) is 30.3 Å². The number of benzene rings is 2. The lowest BCUT2D eigenvalue weighted by atomic mass is 10.1. The summed E-state index contributed by atoms with van der Waals surface area (Å²) in [6.45, 7) is 1.56. The molecule has 0 bridgehead atoms. The standard InChI is InChI=1S/C19H21F2NO2S/c20-17-6-8-18(9-7-17)25(23,24)19(21)11-14-22(15-12-19)13-10-16-4-2-1-3-5-16/h1-9H,10-15H2. The molecule has 0 atom stereocenters. The lowest BCUT2D eigenvalue weighted by molar-refractivity contribution is 0.121. The molecule has 1 fully saturated rings. The molecule has 2 aromatic rings. The summed E-state index contributed by atoms with van der Waals surface area (Å²) < 4.78 is 53.3. The lowest BCUT2D eigenvalue weighted by Crippen LogP contribution is -2.46. The number of hydrogen-bond donors (Lipinski definition) is 0. The van der Waals surface area contributed by atoms with Gasteiger partial charge in [-0.3, -0.25) is 0 Å². The van der Waals surface area contributed by atoms with Crippen LogP contribution in [0.25, 0.3) is 0 Å². The van der Waals surface area contributed by atoms with E-state index < -0.39 is 20.7 Å². The van der Waals surface area contributed by atoms with Crippen LogP contribution in [0.5, 0.6) is 0 Å². The van der Waals surface area contributed by atoms with Gasteiger partial charge in [0.15, 0.2) is 0 Å². The number of piperidine rings is 1. The Labute approximate surface area is 147 Å². The average molecular weight is 365 g/mol. The second-order valence-corrected chi connectivity index (χ2v) is 8.63. The molecule has 3 nitrogen and oxygen atoms in total. The van der Waals surface area contributed by atoms with Gasteiger partial charge in [-0.2, -0.15) is 0 Å². The molecule has 25 heavy (non-hydrogen) atoms. The van der Waals surface area contributed by atoms with Gasteiger partial charge in [-0.25, -0.2) is 17.2 Å². The SMILES string of the molecule is O=S(=O)(c1ccc(F)cc1)C1(F)CCN(CCc2ccccc2)CC1. The third-order valence-corrected chi connectivity index (χ3v) is 7.03. The minimum absolute atomic E-state index is 0.0680. The van der Waals surface area contributed by atoms with Gasteiger partial charge in [0.05, 0.1) is 4.90 Å². The molecule has 0 radical (unpaired) electrons. The van der Waals surface area contributed by atoms with Crippen LogP contribution in [0.1, 0.15) is 18.4 Å². The smallest absolute Gasteiger partial charge is 0.217 e. The van der Waals surface area contributed by atoms with Crippen LogP contribution in [-0.4, -0.2) is 38.0 Å². The third-order valence-electron chi connectivity index (χ3n) is 4.77. The highest BCUT2D eigenvalue weighted by molar-refractivity contribution is 7.92. The Balaban J connectivity index is 1.62. The van der Waals surface area contributed by atoms with Gasteiger partial charge in [0.1, 0.15) is 5.82 Å². The molecule has 0 N–H and O–H groups in total. The molecule has 6 heteroatoms. The van der Waals surface area contributed by atoms with Crippen molar-refractivity contribution in [3.63, 3.8) is 0 Å². The molecule has 134 valence electrons. The number of rotatable bonds is 5. The van der Waals surface area contributed by atoms with Crippen molar-refractivity contribution < 1.29 is 17.2 Å². The number of sulfone groups is 1. The molecule has 1 saturated heterocycles. The van der Waals surface area contributed by atoms with E-state index in [2.05, 4.69) is 4.90 Å². The number of halogens is 2. The van der Waals surface area contributed by atoms with Crippen LogP contribution < -0.4 is 0 Å². The van der Waals surface area contributed by atoms with Gasteiger partial charge in [0, 0.05) is 32.5 Å². The van der Waals surface area contributed by atoms with Gasteiger partial charge < -0.3 is 4.90 Å². The molecule has 0 aliphatic carbocycles. The molecule has 1 aliphatic heterocycles. The first kappa shape index (κ1) is 18.0. The lowest BCUT2D eigenvalue weighted by Gasteiger charge is -2.35. The van der Waals surface area contributed by atoms with Crippen LogP contribution in [0.2, 0.25) is 0 Å². The first-order valence-corrected chi connectivity index (χ1v) is 9.84. The monoisotopic (exact) mass is 365 g/mol. The highest BCUT2D eigenvalue weighted by atomic mass is 32.2. The van der Waals surface area contributed by atoms with Crippen LogP contribution in [0, 0.1) is 5.82 Å². The fourth-order valence-corrected chi connectivity index (χ4v) is 4.77. The molecular weight excluding hydrogens is 344 g/mol. The summed E-state index contributed by atoms with van der Waals surface area (Å²) in [6, 6.07) is 14.4. The summed E-state index contributed by atoms with van der Waals surface area (Å²) in [5.41, 5.74) is 1.21. The Bertz CT molecular complexity index is 799. The quantitative estimate of drug-likeness (QED) is 0.760.